The van der Waals surface area contributed by atoms with Crippen molar-refractivity contribution in [1.29, 1.82) is 0 Å². The number of halogens is 1. The lowest BCUT2D eigenvalue weighted by Crippen LogP contribution is -2.84. The van der Waals surface area contributed by atoms with Gasteiger partial charge in [-0.2, -0.15) is 0 Å². The van der Waals surface area contributed by atoms with Crippen molar-refractivity contribution in [3.63, 3.8) is 0 Å². The van der Waals surface area contributed by atoms with Gasteiger partial charge in [0.1, 0.15) is 0 Å². The van der Waals surface area contributed by atoms with E-state index in [9.17, 15) is 4.79 Å². The maximum atomic E-state index is 14.1. The van der Waals surface area contributed by atoms with E-state index >= 15 is 0 Å². The molecule has 0 radical (unpaired) electrons. The van der Waals surface area contributed by atoms with Crippen LogP contribution in [-0.4, -0.2) is 11.7 Å². The highest BCUT2D eigenvalue weighted by Gasteiger charge is 2.87. The summed E-state index contributed by atoms with van der Waals surface area (Å²) < 4.78 is 0. The van der Waals surface area contributed by atoms with Crippen LogP contribution in [0.5, 0.6) is 0 Å². The van der Waals surface area contributed by atoms with Gasteiger partial charge in [0, 0.05) is 5.41 Å². The van der Waals surface area contributed by atoms with Crippen LogP contribution < -0.4 is 0 Å². The lowest BCUT2D eigenvalue weighted by Gasteiger charge is -2.88. The molecule has 9 fully saturated rings. The summed E-state index contributed by atoms with van der Waals surface area (Å²) in [4.78, 5) is 14.1. The van der Waals surface area contributed by atoms with E-state index in [1.807, 2.05) is 0 Å². The van der Waals surface area contributed by atoms with E-state index < -0.39 is 0 Å². The first-order valence-electron chi connectivity index (χ1n) is 14.6. The molecule has 9 aliphatic rings. The molecule has 0 amide bonds. The van der Waals surface area contributed by atoms with Crippen LogP contribution >= 0.6 is 11.6 Å². The molecule has 192 valence electrons. The Balaban J connectivity index is 1.58. The van der Waals surface area contributed by atoms with Gasteiger partial charge in [0.25, 0.3) is 0 Å². The smallest absolute Gasteiger partial charge is 0.154 e. The zero-order valence-electron chi connectivity index (χ0n) is 23.7. The summed E-state index contributed by atoms with van der Waals surface area (Å²) in [6.07, 6.45) is 11.9. The Bertz CT molecular complexity index is 945. The molecule has 1 nitrogen and oxygen atoms in total. The minimum absolute atomic E-state index is 0.0210. The second-order valence-corrected chi connectivity index (χ2v) is 16.9. The summed E-state index contributed by atoms with van der Waals surface area (Å²) in [5, 5.41) is 0. The number of carbonyl (C=O) groups excluding carboxylic acids is 1. The van der Waals surface area contributed by atoms with Crippen LogP contribution in [-0.2, 0) is 4.79 Å². The van der Waals surface area contributed by atoms with Crippen LogP contribution in [0.25, 0.3) is 0 Å². The van der Waals surface area contributed by atoms with E-state index in [0.29, 0.717) is 22.5 Å². The molecule has 6 bridgehead atoms. The monoisotopic (exact) mass is 486 g/mol. The van der Waals surface area contributed by atoms with Gasteiger partial charge in [0.2, 0.25) is 0 Å². The van der Waals surface area contributed by atoms with Crippen molar-refractivity contribution in [3.05, 3.63) is 0 Å². The van der Waals surface area contributed by atoms with Gasteiger partial charge >= 0.3 is 0 Å². The van der Waals surface area contributed by atoms with Gasteiger partial charge in [-0.05, 0) is 119 Å². The van der Waals surface area contributed by atoms with Crippen molar-refractivity contribution in [2.45, 2.75) is 120 Å². The fraction of sp³-hybridized carbons (Fsp3) is 0.969. The molecular weight excluding hydrogens is 436 g/mol. The molecule has 0 N–H and O–H groups in total. The van der Waals surface area contributed by atoms with Crippen molar-refractivity contribution in [1.82, 2.24) is 0 Å². The van der Waals surface area contributed by atoms with Gasteiger partial charge in [0.15, 0.2) is 5.78 Å². The molecule has 9 unspecified atom stereocenters. The average molecular weight is 487 g/mol. The van der Waals surface area contributed by atoms with E-state index in [4.69, 9.17) is 11.6 Å². The summed E-state index contributed by atoms with van der Waals surface area (Å²) in [7, 11) is 0. The topological polar surface area (TPSA) is 17.1 Å². The molecule has 9 aliphatic carbocycles. The first-order valence-corrected chi connectivity index (χ1v) is 15.2. The molecule has 9 saturated carbocycles. The Kier molecular flexibility index (Phi) is 4.52. The minimum Gasteiger partial charge on any atom is -0.298 e. The molecule has 0 aliphatic heterocycles. The van der Waals surface area contributed by atoms with Gasteiger partial charge in [-0.3, -0.25) is 4.79 Å². The number of hydrogen-bond donors (Lipinski definition) is 0. The molecular formula is C32H51ClO. The number of fused-ring (bicyclic) bond motifs is 7. The molecule has 9 rings (SSSR count). The fourth-order valence-corrected chi connectivity index (χ4v) is 14.3. The summed E-state index contributed by atoms with van der Waals surface area (Å²) in [6, 6.07) is 0. The third-order valence-electron chi connectivity index (χ3n) is 16.3. The van der Waals surface area contributed by atoms with Crippen LogP contribution in [0.1, 0.15) is 120 Å². The second kappa shape index (κ2) is 6.32. The molecule has 0 spiro atoms. The lowest BCUT2D eigenvalue weighted by molar-refractivity contribution is -0.401. The van der Waals surface area contributed by atoms with Crippen LogP contribution in [0.2, 0.25) is 0 Å². The van der Waals surface area contributed by atoms with Crippen LogP contribution in [0.15, 0.2) is 0 Å². The average Bonchev–Trinajstić information content (AvgIpc) is 2.77. The van der Waals surface area contributed by atoms with E-state index in [0.717, 1.165) is 24.2 Å². The van der Waals surface area contributed by atoms with E-state index in [2.05, 4.69) is 62.3 Å². The van der Waals surface area contributed by atoms with Crippen molar-refractivity contribution in [2.24, 2.45) is 67.0 Å². The highest BCUT2D eigenvalue weighted by molar-refractivity contribution is 6.28. The molecule has 9 atom stereocenters. The number of ketones is 1. The van der Waals surface area contributed by atoms with Crippen LogP contribution in [0, 0.1) is 67.0 Å². The Morgan fingerprint density at radius 2 is 1.29 bits per heavy atom. The third kappa shape index (κ3) is 1.99. The van der Waals surface area contributed by atoms with Crippen molar-refractivity contribution in [3.8, 4) is 0 Å². The first-order chi connectivity index (χ1) is 15.6. The van der Waals surface area contributed by atoms with Crippen molar-refractivity contribution >= 4 is 17.4 Å². The maximum Gasteiger partial charge on any atom is 0.154 e. The molecule has 0 heterocycles. The number of hydrogen-bond acceptors (Lipinski definition) is 1. The molecule has 0 aromatic rings. The molecule has 0 aromatic carbocycles. The fourth-order valence-electron chi connectivity index (χ4n) is 14.0. The Hall–Kier alpha value is -0.0400. The zero-order valence-corrected chi connectivity index (χ0v) is 24.4. The van der Waals surface area contributed by atoms with E-state index in [-0.39, 0.29) is 38.4 Å². The lowest BCUT2D eigenvalue weighted by atomic mass is 9.15. The number of rotatable bonds is 4. The SMILES string of the molecule is CC1(C)C2CCC(C)(C3(C)CCC4CC3(C3(C)CCC5CC3(C(=O)CCl)C5(C)C)C4(C)C)C1C2. The maximum absolute atomic E-state index is 14.1. The largest absolute Gasteiger partial charge is 0.298 e. The van der Waals surface area contributed by atoms with Crippen molar-refractivity contribution < 1.29 is 4.79 Å². The van der Waals surface area contributed by atoms with Crippen LogP contribution in [0.4, 0.5) is 0 Å². The van der Waals surface area contributed by atoms with E-state index in [1.54, 1.807) is 0 Å². The molecule has 34 heavy (non-hydrogen) atoms. The van der Waals surface area contributed by atoms with Gasteiger partial charge in [0.05, 0.1) is 5.88 Å². The number of carbonyl (C=O) groups is 1. The Labute approximate surface area is 214 Å². The van der Waals surface area contributed by atoms with Gasteiger partial charge in [-0.25, -0.2) is 0 Å². The summed E-state index contributed by atoms with van der Waals surface area (Å²) >= 11 is 6.49. The third-order valence-corrected chi connectivity index (χ3v) is 16.5. The highest BCUT2D eigenvalue weighted by atomic mass is 35.5. The Morgan fingerprint density at radius 1 is 0.735 bits per heavy atom. The summed E-state index contributed by atoms with van der Waals surface area (Å²) in [5.41, 5.74) is 1.40. The molecule has 0 saturated heterocycles. The number of Topliss-reactive ketones (excluding diaryl/α,β-unsaturated/α-hetero) is 1. The predicted molar refractivity (Wildman–Crippen MR) is 142 cm³/mol. The van der Waals surface area contributed by atoms with Crippen molar-refractivity contribution in [2.75, 3.05) is 5.88 Å². The second-order valence-electron chi connectivity index (χ2n) is 16.6. The number of alkyl halides is 1. The minimum atomic E-state index is -0.256. The quantitative estimate of drug-likeness (QED) is 0.362. The highest BCUT2D eigenvalue weighted by Crippen LogP contribution is 2.92. The normalized spacial score (nSPS) is 57.6. The standard InChI is InChI=1S/C32H51ClO/c1-25(2)20-10-13-28(7,23(25)16-20)29(8)14-11-22-18-32(29,27(22,5)6)30(9)15-12-21-17-31(30,24(34)19-33)26(21,3)4/h20-23H,10-19H2,1-9H3. The van der Waals surface area contributed by atoms with Gasteiger partial charge < -0.3 is 0 Å². The predicted octanol–water partition coefficient (Wildman–Crippen LogP) is 8.92. The first kappa shape index (κ1) is 24.3. The summed E-state index contributed by atoms with van der Waals surface area (Å²) in [5.74, 6) is 3.82. The van der Waals surface area contributed by atoms with Gasteiger partial charge in [-0.1, -0.05) is 62.3 Å². The zero-order chi connectivity index (χ0) is 25.0. The van der Waals surface area contributed by atoms with Gasteiger partial charge in [-0.15, -0.1) is 11.6 Å². The van der Waals surface area contributed by atoms with Crippen LogP contribution in [0.3, 0.4) is 0 Å². The molecule has 2 heteroatoms. The Morgan fingerprint density at radius 3 is 1.79 bits per heavy atom. The van der Waals surface area contributed by atoms with E-state index in [1.165, 1.54) is 51.4 Å². The molecule has 0 aromatic heterocycles. The summed E-state index contributed by atoms with van der Waals surface area (Å²) in [6.45, 7) is 23.4.